The molecule has 0 aromatic carbocycles. The van der Waals surface area contributed by atoms with Crippen molar-refractivity contribution in [1.82, 2.24) is 3.71 Å². The Morgan fingerprint density at radius 3 is 2.14 bits per heavy atom. The predicted molar refractivity (Wildman–Crippen MR) is 34.8 cm³/mol. The summed E-state index contributed by atoms with van der Waals surface area (Å²) in [5.74, 6) is 0. The van der Waals surface area contributed by atoms with E-state index in [2.05, 4.69) is 28.6 Å². The molecule has 0 aliphatic carbocycles. The van der Waals surface area contributed by atoms with Gasteiger partial charge in [-0.3, -0.25) is 0 Å². The van der Waals surface area contributed by atoms with Gasteiger partial charge >= 0.3 is 66.7 Å². The van der Waals surface area contributed by atoms with Gasteiger partial charge in [-0.15, -0.1) is 0 Å². The summed E-state index contributed by atoms with van der Waals surface area (Å²) >= 11 is 7.47. The van der Waals surface area contributed by atoms with E-state index >= 15 is 0 Å². The molecule has 0 heterocycles. The van der Waals surface area contributed by atoms with E-state index in [9.17, 15) is 4.79 Å². The fourth-order valence-electron chi connectivity index (χ4n) is 0.0471. The zero-order valence-electron chi connectivity index (χ0n) is 3.24. The maximum atomic E-state index is 10.1. The van der Waals surface area contributed by atoms with Gasteiger partial charge in [-0.05, 0) is 0 Å². The molecular formula is CH4NO2S2Sb. The van der Waals surface area contributed by atoms with Gasteiger partial charge in [-0.1, -0.05) is 0 Å². The molecule has 0 aliphatic rings. The molecule has 0 rings (SSSR count). The van der Waals surface area contributed by atoms with Crippen molar-refractivity contribution in [3.05, 3.63) is 0 Å². The Bertz CT molecular complexity index is 76.1. The van der Waals surface area contributed by atoms with E-state index in [1.54, 1.807) is 0 Å². The third-order valence-corrected chi connectivity index (χ3v) is 1.17. The van der Waals surface area contributed by atoms with Crippen LogP contribution in [0, 0.1) is 0 Å². The number of rotatable bonds is 0. The molecule has 6 heteroatoms. The number of carbonyl (C=O) groups excluding carboxylic acids is 1. The Morgan fingerprint density at radius 2 is 2.14 bits per heavy atom. The van der Waals surface area contributed by atoms with E-state index in [1.807, 2.05) is 0 Å². The topological polar surface area (TPSA) is 29.5 Å². The first kappa shape index (κ1) is 7.79. The summed E-state index contributed by atoms with van der Waals surface area (Å²) in [4.78, 5) is 10.1. The van der Waals surface area contributed by atoms with Gasteiger partial charge in [0.25, 0.3) is 0 Å². The first-order valence-electron chi connectivity index (χ1n) is 1.27. The Hall–Kier alpha value is 0.788. The van der Waals surface area contributed by atoms with Gasteiger partial charge in [0.2, 0.25) is 0 Å². The van der Waals surface area contributed by atoms with Crippen molar-refractivity contribution in [3.8, 4) is 0 Å². The van der Waals surface area contributed by atoms with E-state index < -0.39 is 6.09 Å². The number of nitrogens with zero attached hydrogens (tertiary/aromatic N) is 1. The third-order valence-electron chi connectivity index (χ3n) is 0.264. The average molecular weight is 248 g/mol. The SMILES string of the molecule is O=C([O][SbH2])N(S)S. The van der Waals surface area contributed by atoms with Gasteiger partial charge in [0.15, 0.2) is 0 Å². The van der Waals surface area contributed by atoms with E-state index in [-0.39, 0.29) is 0 Å². The number of amides is 1. The average Bonchev–Trinajstić information content (AvgIpc) is 1.65. The molecule has 7 heavy (non-hydrogen) atoms. The van der Waals surface area contributed by atoms with E-state index in [1.165, 1.54) is 0 Å². The van der Waals surface area contributed by atoms with Crippen LogP contribution in [0.1, 0.15) is 0 Å². The molecule has 0 saturated carbocycles. The Balaban J connectivity index is 3.35. The van der Waals surface area contributed by atoms with Crippen LogP contribution < -0.4 is 0 Å². The second-order valence-corrected chi connectivity index (χ2v) is 2.46. The number of thiol groups is 2. The summed E-state index contributed by atoms with van der Waals surface area (Å²) in [5.41, 5.74) is 0. The van der Waals surface area contributed by atoms with Gasteiger partial charge in [0.1, 0.15) is 0 Å². The van der Waals surface area contributed by atoms with Crippen molar-refractivity contribution in [2.75, 3.05) is 0 Å². The van der Waals surface area contributed by atoms with Crippen molar-refractivity contribution in [2.45, 2.75) is 0 Å². The van der Waals surface area contributed by atoms with Crippen LogP contribution >= 0.6 is 25.6 Å². The van der Waals surface area contributed by atoms with Crippen molar-refractivity contribution in [2.24, 2.45) is 0 Å². The monoisotopic (exact) mass is 247 g/mol. The molecule has 1 amide bonds. The molecule has 0 bridgehead atoms. The van der Waals surface area contributed by atoms with E-state index in [0.29, 0.717) is 23.4 Å². The molecule has 0 aliphatic heterocycles. The molecule has 0 radical (unpaired) electrons. The Morgan fingerprint density at radius 1 is 1.71 bits per heavy atom. The molecule has 3 nitrogen and oxygen atoms in total. The normalized spacial score (nSPS) is 7.86. The van der Waals surface area contributed by atoms with Crippen molar-refractivity contribution in [3.63, 3.8) is 0 Å². The minimum atomic E-state index is -0.533. The van der Waals surface area contributed by atoms with Crippen LogP contribution in [0.4, 0.5) is 4.79 Å². The molecule has 0 spiro atoms. The van der Waals surface area contributed by atoms with Crippen LogP contribution in [-0.4, -0.2) is 33.2 Å². The molecule has 0 aromatic heterocycles. The van der Waals surface area contributed by atoms with Crippen LogP contribution in [0.15, 0.2) is 0 Å². The minimum absolute atomic E-state index is 0.437. The second-order valence-electron chi connectivity index (χ2n) is 0.673. The fourth-order valence-corrected chi connectivity index (χ4v) is 0.949. The molecule has 0 unspecified atom stereocenters. The zero-order chi connectivity index (χ0) is 5.86. The van der Waals surface area contributed by atoms with Gasteiger partial charge in [-0.25, -0.2) is 0 Å². The Labute approximate surface area is 66.5 Å². The molecule has 0 aromatic rings. The summed E-state index contributed by atoms with van der Waals surface area (Å²) in [7, 11) is 0. The molecule has 0 atom stereocenters. The van der Waals surface area contributed by atoms with E-state index in [4.69, 9.17) is 0 Å². The number of carbonyl (C=O) groups is 1. The molecule has 0 N–H and O–H groups in total. The van der Waals surface area contributed by atoms with Crippen LogP contribution in [0.2, 0.25) is 0 Å². The standard InChI is InChI=1S/CH3NO2S2.Sb.2H/c3-1(4)2(5)6;;;/h5-6H,(H,3,4);;;/q;+1;;/p-1. The first-order valence-corrected chi connectivity index (χ1v) is 3.41. The van der Waals surface area contributed by atoms with Crippen molar-refractivity contribution >= 4 is 55.2 Å². The number of hydrogen-bond donors (Lipinski definition) is 2. The zero-order valence-corrected chi connectivity index (χ0v) is 8.32. The van der Waals surface area contributed by atoms with Crippen molar-refractivity contribution in [1.29, 1.82) is 0 Å². The fraction of sp³-hybridized carbons (Fsp3) is 0. The summed E-state index contributed by atoms with van der Waals surface area (Å²) in [6.07, 6.45) is -0.533. The summed E-state index contributed by atoms with van der Waals surface area (Å²) in [6.45, 7) is 0. The van der Waals surface area contributed by atoms with Gasteiger partial charge in [0.05, 0.1) is 0 Å². The second kappa shape index (κ2) is 3.75. The van der Waals surface area contributed by atoms with Gasteiger partial charge in [0, 0.05) is 0 Å². The molecule has 42 valence electrons. The van der Waals surface area contributed by atoms with E-state index in [0.717, 1.165) is 3.71 Å². The summed E-state index contributed by atoms with van der Waals surface area (Å²) in [6, 6.07) is 0. The van der Waals surface area contributed by atoms with Crippen LogP contribution in [0.5, 0.6) is 0 Å². The quantitative estimate of drug-likeness (QED) is 0.453. The van der Waals surface area contributed by atoms with Crippen LogP contribution in [-0.2, 0) is 3.02 Å². The maximum absolute atomic E-state index is 10.1. The third kappa shape index (κ3) is 3.38. The molecule has 0 fully saturated rings. The summed E-state index contributed by atoms with van der Waals surface area (Å²) in [5, 5.41) is 0. The molecular weight excluding hydrogens is 244 g/mol. The predicted octanol–water partition coefficient (Wildman–Crippen LogP) is -0.337. The van der Waals surface area contributed by atoms with Crippen LogP contribution in [0.25, 0.3) is 0 Å². The van der Waals surface area contributed by atoms with Gasteiger partial charge < -0.3 is 0 Å². The van der Waals surface area contributed by atoms with Crippen LogP contribution in [0.3, 0.4) is 0 Å². The number of hydrogen-bond acceptors (Lipinski definition) is 4. The first-order chi connectivity index (χ1) is 3.18. The molecule has 0 saturated heterocycles. The summed E-state index contributed by atoms with van der Waals surface area (Å²) < 4.78 is 5.06. The van der Waals surface area contributed by atoms with Gasteiger partial charge in [-0.2, -0.15) is 0 Å². The van der Waals surface area contributed by atoms with Crippen molar-refractivity contribution < 1.29 is 7.81 Å². The Kier molecular flexibility index (Phi) is 4.17.